The van der Waals surface area contributed by atoms with Crippen molar-refractivity contribution in [1.29, 1.82) is 0 Å². The van der Waals surface area contributed by atoms with Gasteiger partial charge in [-0.3, -0.25) is 0 Å². The molecule has 3 nitrogen and oxygen atoms in total. The van der Waals surface area contributed by atoms with Gasteiger partial charge in [0.15, 0.2) is 24.8 Å². The van der Waals surface area contributed by atoms with Crippen LogP contribution < -0.4 is 9.13 Å². The Morgan fingerprint density at radius 2 is 1.12 bits per heavy atom. The zero-order valence-electron chi connectivity index (χ0n) is 10.2. The van der Waals surface area contributed by atoms with Crippen LogP contribution >= 0.6 is 0 Å². The third kappa shape index (κ3) is 3.64. The molecule has 2 aromatic heterocycles. The zero-order valence-corrected chi connectivity index (χ0v) is 10.2. The highest BCUT2D eigenvalue weighted by atomic mass is 15.3. The van der Waals surface area contributed by atoms with Crippen LogP contribution in [0.2, 0.25) is 0 Å². The van der Waals surface area contributed by atoms with Crippen molar-refractivity contribution in [1.82, 2.24) is 4.90 Å². The first kappa shape index (κ1) is 11.7. The molecule has 0 aliphatic carbocycles. The molecule has 3 heteroatoms. The summed E-state index contributed by atoms with van der Waals surface area (Å²) in [7, 11) is 0. The first-order valence-corrected chi connectivity index (χ1v) is 5.99. The summed E-state index contributed by atoms with van der Waals surface area (Å²) in [4.78, 5) is 2.38. The minimum Gasteiger partial charge on any atom is -0.191 e. The molecule has 0 spiro atoms. The van der Waals surface area contributed by atoms with Crippen LogP contribution in [0.3, 0.4) is 0 Å². The number of pyridine rings is 2. The fraction of sp³-hybridized carbons (Fsp3) is 0.286. The van der Waals surface area contributed by atoms with E-state index < -0.39 is 0 Å². The summed E-state index contributed by atoms with van der Waals surface area (Å²) in [6.07, 6.45) is 8.38. The van der Waals surface area contributed by atoms with Crippen LogP contribution in [0, 0.1) is 0 Å². The monoisotopic (exact) mass is 229 g/mol. The SMILES string of the molecule is CCN(C[n+]1ccccc1)C[n+]1ccccc1. The van der Waals surface area contributed by atoms with Crippen molar-refractivity contribution in [3.05, 3.63) is 61.2 Å². The van der Waals surface area contributed by atoms with Crippen LogP contribution in [-0.4, -0.2) is 11.4 Å². The fourth-order valence-corrected chi connectivity index (χ4v) is 1.76. The van der Waals surface area contributed by atoms with Crippen molar-refractivity contribution in [3.63, 3.8) is 0 Å². The molecular formula is C14H19N3+2. The Morgan fingerprint density at radius 1 is 0.706 bits per heavy atom. The summed E-state index contributed by atoms with van der Waals surface area (Å²) in [5.41, 5.74) is 0. The highest BCUT2D eigenvalue weighted by Gasteiger charge is 2.12. The van der Waals surface area contributed by atoms with Gasteiger partial charge in [-0.1, -0.05) is 19.1 Å². The summed E-state index contributed by atoms with van der Waals surface area (Å²) in [5.74, 6) is 0. The van der Waals surface area contributed by atoms with E-state index in [1.807, 2.05) is 12.1 Å². The van der Waals surface area contributed by atoms with Crippen molar-refractivity contribution in [2.75, 3.05) is 6.54 Å². The lowest BCUT2D eigenvalue weighted by Gasteiger charge is -2.12. The molecule has 0 N–H and O–H groups in total. The Bertz CT molecular complexity index is 386. The van der Waals surface area contributed by atoms with Gasteiger partial charge < -0.3 is 0 Å². The van der Waals surface area contributed by atoms with E-state index >= 15 is 0 Å². The summed E-state index contributed by atoms with van der Waals surface area (Å²) in [6.45, 7) is 5.05. The van der Waals surface area contributed by atoms with Crippen LogP contribution in [-0.2, 0) is 13.3 Å². The average Bonchev–Trinajstić information content (AvgIpc) is 2.40. The number of nitrogens with zero attached hydrogens (tertiary/aromatic N) is 3. The van der Waals surface area contributed by atoms with E-state index in [1.165, 1.54) is 0 Å². The summed E-state index contributed by atoms with van der Waals surface area (Å²) in [6, 6.07) is 12.3. The van der Waals surface area contributed by atoms with Gasteiger partial charge in [0.05, 0.1) is 0 Å². The van der Waals surface area contributed by atoms with E-state index in [2.05, 4.69) is 70.0 Å². The van der Waals surface area contributed by atoms with E-state index in [9.17, 15) is 0 Å². The van der Waals surface area contributed by atoms with E-state index in [0.29, 0.717) is 0 Å². The second-order valence-electron chi connectivity index (χ2n) is 4.05. The maximum Gasteiger partial charge on any atom is 0.209 e. The van der Waals surface area contributed by atoms with Crippen LogP contribution in [0.25, 0.3) is 0 Å². The second-order valence-corrected chi connectivity index (χ2v) is 4.05. The average molecular weight is 229 g/mol. The number of aromatic nitrogens is 2. The Kier molecular flexibility index (Phi) is 4.22. The molecule has 0 aliphatic rings. The highest BCUT2D eigenvalue weighted by Crippen LogP contribution is 1.88. The van der Waals surface area contributed by atoms with Crippen molar-refractivity contribution in [2.45, 2.75) is 20.3 Å². The standard InChI is InChI=1S/C14H19N3/c1-2-15(13-16-9-5-3-6-10-16)14-17-11-7-4-8-12-17/h3-12H,2,13-14H2,1H3/q+2. The second kappa shape index (κ2) is 6.11. The van der Waals surface area contributed by atoms with Gasteiger partial charge in [-0.25, -0.2) is 0 Å². The molecule has 0 unspecified atom stereocenters. The number of rotatable bonds is 5. The van der Waals surface area contributed by atoms with Gasteiger partial charge >= 0.3 is 0 Å². The quantitative estimate of drug-likeness (QED) is 0.701. The minimum absolute atomic E-state index is 0.916. The zero-order chi connectivity index (χ0) is 11.9. The maximum atomic E-state index is 2.38. The third-order valence-electron chi connectivity index (χ3n) is 2.73. The Hall–Kier alpha value is -1.74. The highest BCUT2D eigenvalue weighted by molar-refractivity contribution is 4.84. The van der Waals surface area contributed by atoms with Gasteiger partial charge in [-0.15, -0.1) is 0 Å². The first-order chi connectivity index (χ1) is 8.38. The van der Waals surface area contributed by atoms with Gasteiger partial charge in [-0.2, -0.15) is 14.0 Å². The minimum atomic E-state index is 0.916. The number of hydrogen-bond acceptors (Lipinski definition) is 1. The Labute approximate surface area is 103 Å². The van der Waals surface area contributed by atoms with Crippen molar-refractivity contribution in [2.24, 2.45) is 0 Å². The van der Waals surface area contributed by atoms with Gasteiger partial charge in [0.25, 0.3) is 0 Å². The van der Waals surface area contributed by atoms with Crippen molar-refractivity contribution >= 4 is 0 Å². The van der Waals surface area contributed by atoms with Gasteiger partial charge in [0.1, 0.15) is 0 Å². The van der Waals surface area contributed by atoms with E-state index in [1.54, 1.807) is 0 Å². The smallest absolute Gasteiger partial charge is 0.191 e. The topological polar surface area (TPSA) is 11.0 Å². The third-order valence-corrected chi connectivity index (χ3v) is 2.73. The molecule has 0 saturated heterocycles. The normalized spacial score (nSPS) is 10.7. The molecule has 0 amide bonds. The van der Waals surface area contributed by atoms with Crippen molar-refractivity contribution < 1.29 is 9.13 Å². The Morgan fingerprint density at radius 3 is 1.47 bits per heavy atom. The maximum absolute atomic E-state index is 2.38. The molecule has 17 heavy (non-hydrogen) atoms. The summed E-state index contributed by atoms with van der Waals surface area (Å²) < 4.78 is 4.38. The van der Waals surface area contributed by atoms with E-state index in [-0.39, 0.29) is 0 Å². The molecule has 2 rings (SSSR count). The number of hydrogen-bond donors (Lipinski definition) is 0. The van der Waals surface area contributed by atoms with Crippen LogP contribution in [0.5, 0.6) is 0 Å². The lowest BCUT2D eigenvalue weighted by molar-refractivity contribution is -0.759. The molecule has 0 bridgehead atoms. The predicted molar refractivity (Wildman–Crippen MR) is 65.7 cm³/mol. The molecule has 0 aliphatic heterocycles. The molecule has 2 heterocycles. The lowest BCUT2D eigenvalue weighted by atomic mass is 10.5. The van der Waals surface area contributed by atoms with Crippen LogP contribution in [0.1, 0.15) is 6.92 Å². The fourth-order valence-electron chi connectivity index (χ4n) is 1.76. The molecule has 0 atom stereocenters. The van der Waals surface area contributed by atoms with Gasteiger partial charge in [-0.05, 0) is 0 Å². The Balaban J connectivity index is 1.98. The molecule has 0 aromatic carbocycles. The van der Waals surface area contributed by atoms with Gasteiger partial charge in [0, 0.05) is 30.8 Å². The van der Waals surface area contributed by atoms with E-state index in [4.69, 9.17) is 0 Å². The first-order valence-electron chi connectivity index (χ1n) is 5.99. The molecular weight excluding hydrogens is 210 g/mol. The van der Waals surface area contributed by atoms with E-state index in [0.717, 1.165) is 19.9 Å². The molecule has 88 valence electrons. The van der Waals surface area contributed by atoms with Crippen LogP contribution in [0.4, 0.5) is 0 Å². The summed E-state index contributed by atoms with van der Waals surface area (Å²) in [5, 5.41) is 0. The van der Waals surface area contributed by atoms with Crippen molar-refractivity contribution in [3.8, 4) is 0 Å². The molecule has 2 aromatic rings. The predicted octanol–water partition coefficient (Wildman–Crippen LogP) is 1.20. The molecule has 0 saturated carbocycles. The van der Waals surface area contributed by atoms with Gasteiger partial charge in [0.2, 0.25) is 13.3 Å². The molecule has 0 fully saturated rings. The summed E-state index contributed by atoms with van der Waals surface area (Å²) >= 11 is 0. The molecule has 0 radical (unpaired) electrons. The largest absolute Gasteiger partial charge is 0.209 e. The lowest BCUT2D eigenvalue weighted by Crippen LogP contribution is -2.50. The van der Waals surface area contributed by atoms with Crippen LogP contribution in [0.15, 0.2) is 61.2 Å².